The molecule has 17 heteroatoms. The molecule has 0 unspecified atom stereocenters. The minimum Gasteiger partial charge on any atom is -0.385 e. The van der Waals surface area contributed by atoms with Crippen LogP contribution in [0.1, 0.15) is 30.2 Å². The molecule has 4 rings (SSSR count). The highest BCUT2D eigenvalue weighted by Crippen LogP contribution is 2.34. The average Bonchev–Trinajstić information content (AvgIpc) is 3.40. The van der Waals surface area contributed by atoms with Crippen LogP contribution >= 0.6 is 23.2 Å². The maximum absolute atomic E-state index is 13.1. The number of aromatic nitrogens is 6. The lowest BCUT2D eigenvalue weighted by Gasteiger charge is -2.15. The van der Waals surface area contributed by atoms with Crippen molar-refractivity contribution in [3.05, 3.63) is 80.2 Å². The number of alkyl halides is 6. The van der Waals surface area contributed by atoms with E-state index in [1.54, 1.807) is 0 Å². The van der Waals surface area contributed by atoms with Crippen molar-refractivity contribution in [1.82, 2.24) is 29.1 Å². The number of aliphatic hydroxyl groups excluding tert-OH is 2. The molecular weight excluding hydrogens is 593 g/mol. The summed E-state index contributed by atoms with van der Waals surface area (Å²) in [6.07, 6.45) is -13.9. The molecule has 0 spiro atoms. The van der Waals surface area contributed by atoms with Crippen LogP contribution in [-0.2, 0) is 19.3 Å². The Morgan fingerprint density at radius 1 is 0.975 bits per heavy atom. The van der Waals surface area contributed by atoms with Gasteiger partial charge in [-0.15, -0.1) is 10.2 Å². The topological polar surface area (TPSA) is 111 Å². The molecule has 40 heavy (non-hydrogen) atoms. The Kier molecular flexibility index (Phi) is 8.04. The van der Waals surface area contributed by atoms with Crippen LogP contribution in [0.3, 0.4) is 0 Å². The molecule has 2 N–H and O–H groups in total. The van der Waals surface area contributed by atoms with Gasteiger partial charge in [-0.05, 0) is 49.4 Å². The molecular formula is C23H18Cl2F6N6O3. The zero-order chi connectivity index (χ0) is 29.6. The zero-order valence-electron chi connectivity index (χ0n) is 20.1. The molecule has 2 heterocycles. The molecule has 0 bridgehead atoms. The van der Waals surface area contributed by atoms with E-state index >= 15 is 0 Å². The molecule has 9 nitrogen and oxygen atoms in total. The molecule has 0 saturated carbocycles. The summed E-state index contributed by atoms with van der Waals surface area (Å²) < 4.78 is 80.8. The Labute approximate surface area is 230 Å². The second-order valence-electron chi connectivity index (χ2n) is 8.58. The lowest BCUT2D eigenvalue weighted by molar-refractivity contribution is -0.207. The summed E-state index contributed by atoms with van der Waals surface area (Å²) in [5, 5.41) is 28.0. The highest BCUT2D eigenvalue weighted by molar-refractivity contribution is 6.32. The van der Waals surface area contributed by atoms with Gasteiger partial charge in [0.05, 0.1) is 22.8 Å². The molecule has 214 valence electrons. The summed E-state index contributed by atoms with van der Waals surface area (Å²) in [7, 11) is 0. The average molecular weight is 611 g/mol. The molecule has 2 aromatic heterocycles. The molecule has 0 radical (unpaired) electrons. The van der Waals surface area contributed by atoms with Crippen molar-refractivity contribution >= 4 is 23.2 Å². The van der Waals surface area contributed by atoms with Crippen molar-refractivity contribution in [2.24, 2.45) is 0 Å². The highest BCUT2D eigenvalue weighted by Gasteiger charge is 2.39. The van der Waals surface area contributed by atoms with E-state index in [2.05, 4.69) is 15.2 Å². The van der Waals surface area contributed by atoms with Gasteiger partial charge in [0.15, 0.2) is 23.6 Å². The first-order valence-corrected chi connectivity index (χ1v) is 12.0. The van der Waals surface area contributed by atoms with Crippen molar-refractivity contribution in [3.8, 4) is 17.1 Å². The normalized spacial score (nSPS) is 14.0. The third-order valence-corrected chi connectivity index (χ3v) is 6.16. The lowest BCUT2D eigenvalue weighted by atomic mass is 10.2. The fraction of sp³-hybridized carbons (Fsp3) is 0.304. The first-order valence-electron chi connectivity index (χ1n) is 11.3. The van der Waals surface area contributed by atoms with E-state index in [0.717, 1.165) is 21.5 Å². The number of nitrogens with zero attached hydrogens (tertiary/aromatic N) is 6. The quantitative estimate of drug-likeness (QED) is 0.295. The summed E-state index contributed by atoms with van der Waals surface area (Å²) in [4.78, 5) is 17.2. The predicted molar refractivity (Wildman–Crippen MR) is 130 cm³/mol. The van der Waals surface area contributed by atoms with Crippen LogP contribution in [0.25, 0.3) is 17.1 Å². The molecule has 0 aliphatic carbocycles. The van der Waals surface area contributed by atoms with Crippen molar-refractivity contribution in [1.29, 1.82) is 0 Å². The number of hydrogen-bond donors (Lipinski definition) is 2. The van der Waals surface area contributed by atoms with Gasteiger partial charge in [-0.25, -0.2) is 19.1 Å². The first kappa shape index (κ1) is 29.6. The van der Waals surface area contributed by atoms with Gasteiger partial charge in [-0.2, -0.15) is 26.3 Å². The van der Waals surface area contributed by atoms with Crippen LogP contribution in [0.2, 0.25) is 10.0 Å². The van der Waals surface area contributed by atoms with Crippen molar-refractivity contribution in [3.63, 3.8) is 0 Å². The second-order valence-corrected chi connectivity index (χ2v) is 9.42. The van der Waals surface area contributed by atoms with Crippen LogP contribution in [-0.4, -0.2) is 51.6 Å². The zero-order valence-corrected chi connectivity index (χ0v) is 21.6. The van der Waals surface area contributed by atoms with Gasteiger partial charge in [-0.3, -0.25) is 4.57 Å². The van der Waals surface area contributed by atoms with Gasteiger partial charge in [0.2, 0.25) is 0 Å². The molecule has 2 aromatic carbocycles. The van der Waals surface area contributed by atoms with Gasteiger partial charge in [-0.1, -0.05) is 23.2 Å². The summed E-state index contributed by atoms with van der Waals surface area (Å²) in [6, 6.07) is 8.12. The summed E-state index contributed by atoms with van der Waals surface area (Å²) >= 11 is 11.9. The fourth-order valence-corrected chi connectivity index (χ4v) is 4.06. The first-order chi connectivity index (χ1) is 18.6. The second kappa shape index (κ2) is 10.9. The monoisotopic (exact) mass is 610 g/mol. The minimum atomic E-state index is -5.02. The largest absolute Gasteiger partial charge is 0.416 e. The number of benzene rings is 2. The number of rotatable bonds is 7. The van der Waals surface area contributed by atoms with E-state index in [0.29, 0.717) is 15.7 Å². The van der Waals surface area contributed by atoms with Gasteiger partial charge < -0.3 is 10.2 Å². The van der Waals surface area contributed by atoms with E-state index < -0.39 is 48.9 Å². The highest BCUT2D eigenvalue weighted by atomic mass is 35.5. The molecule has 0 fully saturated rings. The molecule has 2 atom stereocenters. The Hall–Kier alpha value is -3.40. The predicted octanol–water partition coefficient (Wildman–Crippen LogP) is 4.64. The Bertz CT molecular complexity index is 1580. The number of hydrogen-bond acceptors (Lipinski definition) is 6. The SMILES string of the molecule is C[C@H](O)c1nc(Cn2nc(-c3ccc(Cl)cc3)n(C[C@H](O)C(F)(F)F)c2=O)nn1-c1ccc(C(F)(F)F)cc1Cl. The lowest BCUT2D eigenvalue weighted by Crippen LogP contribution is -2.37. The Morgan fingerprint density at radius 3 is 2.17 bits per heavy atom. The van der Waals surface area contributed by atoms with Crippen LogP contribution in [0, 0.1) is 0 Å². The van der Waals surface area contributed by atoms with Crippen molar-refractivity contribution in [2.45, 2.75) is 44.6 Å². The van der Waals surface area contributed by atoms with Gasteiger partial charge in [0.25, 0.3) is 0 Å². The van der Waals surface area contributed by atoms with E-state index in [1.165, 1.54) is 31.2 Å². The smallest absolute Gasteiger partial charge is 0.385 e. The summed E-state index contributed by atoms with van der Waals surface area (Å²) in [5.41, 5.74) is -1.91. The standard InChI is InChI=1S/C23H18Cl2F6N6O3/c1-11(38)19-32-18(33-37(19)16-7-4-13(8-15(16)25)22(26,27)28)10-36-21(40)35(9-17(39)23(29,30)31)20(34-36)12-2-5-14(24)6-3-12/h2-8,11,17,38-39H,9-10H2,1H3/t11-,17-/m0/s1. The van der Waals surface area contributed by atoms with E-state index in [4.69, 9.17) is 23.2 Å². The molecule has 0 amide bonds. The number of halogens is 8. The Morgan fingerprint density at radius 2 is 1.62 bits per heavy atom. The maximum atomic E-state index is 13.1. The van der Waals surface area contributed by atoms with Gasteiger partial charge in [0, 0.05) is 10.6 Å². The van der Waals surface area contributed by atoms with Crippen LogP contribution < -0.4 is 5.69 Å². The molecule has 0 aliphatic rings. The third-order valence-electron chi connectivity index (χ3n) is 5.60. The third kappa shape index (κ3) is 6.16. The molecule has 0 aliphatic heterocycles. The van der Waals surface area contributed by atoms with Crippen molar-refractivity contribution in [2.75, 3.05) is 0 Å². The Balaban J connectivity index is 1.77. The minimum absolute atomic E-state index is 0.0580. The van der Waals surface area contributed by atoms with E-state index in [1.807, 2.05) is 0 Å². The molecule has 4 aromatic rings. The van der Waals surface area contributed by atoms with Gasteiger partial charge >= 0.3 is 18.0 Å². The van der Waals surface area contributed by atoms with Crippen LogP contribution in [0.15, 0.2) is 47.3 Å². The molecule has 0 saturated heterocycles. The van der Waals surface area contributed by atoms with Crippen molar-refractivity contribution < 1.29 is 36.6 Å². The maximum Gasteiger partial charge on any atom is 0.416 e. The summed E-state index contributed by atoms with van der Waals surface area (Å²) in [6.45, 7) is -0.373. The van der Waals surface area contributed by atoms with Gasteiger partial charge in [0.1, 0.15) is 12.6 Å². The van der Waals surface area contributed by atoms with E-state index in [9.17, 15) is 41.4 Å². The van der Waals surface area contributed by atoms with Crippen LogP contribution in [0.5, 0.6) is 0 Å². The number of aliphatic hydroxyl groups is 2. The van der Waals surface area contributed by atoms with Crippen LogP contribution in [0.4, 0.5) is 26.3 Å². The fourth-order valence-electron chi connectivity index (χ4n) is 3.67. The summed E-state index contributed by atoms with van der Waals surface area (Å²) in [5.74, 6) is -0.530. The van der Waals surface area contributed by atoms with E-state index in [-0.39, 0.29) is 33.7 Å².